The van der Waals surface area contributed by atoms with Gasteiger partial charge in [-0.1, -0.05) is 0 Å². The van der Waals surface area contributed by atoms with Crippen molar-refractivity contribution >= 4 is 27.5 Å². The molecule has 0 aromatic heterocycles. The van der Waals surface area contributed by atoms with Gasteiger partial charge in [0.25, 0.3) is 11.6 Å². The molecule has 1 amide bonds. The summed E-state index contributed by atoms with van der Waals surface area (Å²) >= 11 is 3.11. The highest BCUT2D eigenvalue weighted by molar-refractivity contribution is 9.10. The van der Waals surface area contributed by atoms with Crippen molar-refractivity contribution in [3.8, 4) is 0 Å². The number of hydrogen-bond donors (Lipinski definition) is 0. The molecule has 1 aromatic carbocycles. The predicted molar refractivity (Wildman–Crippen MR) is 76.7 cm³/mol. The number of ether oxygens (including phenoxy) is 1. The van der Waals surface area contributed by atoms with Crippen LogP contribution < -0.4 is 0 Å². The van der Waals surface area contributed by atoms with Gasteiger partial charge in [-0.3, -0.25) is 14.9 Å². The summed E-state index contributed by atoms with van der Waals surface area (Å²) in [6.45, 7) is 5.25. The van der Waals surface area contributed by atoms with Crippen LogP contribution in [-0.2, 0) is 4.74 Å². The first-order chi connectivity index (χ1) is 9.33. The van der Waals surface area contributed by atoms with Crippen molar-refractivity contribution in [1.29, 1.82) is 0 Å². The lowest BCUT2D eigenvalue weighted by Crippen LogP contribution is -2.55. The molecule has 0 aliphatic carbocycles. The van der Waals surface area contributed by atoms with Crippen LogP contribution in [0.25, 0.3) is 0 Å². The normalized spacial score (nSPS) is 17.9. The van der Waals surface area contributed by atoms with E-state index in [1.807, 2.05) is 13.8 Å². The maximum atomic E-state index is 12.5. The molecular formula is C13H15BrN2O4. The van der Waals surface area contributed by atoms with Crippen LogP contribution in [0.4, 0.5) is 5.69 Å². The fourth-order valence-corrected chi connectivity index (χ4v) is 2.57. The number of nitrogens with zero attached hydrogens (tertiary/aromatic N) is 2. The number of carbonyl (C=O) groups excluding carboxylic acids is 1. The summed E-state index contributed by atoms with van der Waals surface area (Å²) in [7, 11) is 0. The third-order valence-corrected chi connectivity index (χ3v) is 3.95. The van der Waals surface area contributed by atoms with Gasteiger partial charge in [0.1, 0.15) is 0 Å². The fraction of sp³-hybridized carbons (Fsp3) is 0.462. The number of halogens is 1. The van der Waals surface area contributed by atoms with E-state index in [0.29, 0.717) is 29.8 Å². The zero-order chi connectivity index (χ0) is 14.9. The van der Waals surface area contributed by atoms with Crippen LogP contribution >= 0.6 is 15.9 Å². The molecule has 0 unspecified atom stereocenters. The van der Waals surface area contributed by atoms with Gasteiger partial charge in [-0.05, 0) is 41.9 Å². The van der Waals surface area contributed by atoms with Gasteiger partial charge in [0.2, 0.25) is 0 Å². The van der Waals surface area contributed by atoms with Gasteiger partial charge in [-0.25, -0.2) is 0 Å². The molecule has 0 spiro atoms. The van der Waals surface area contributed by atoms with Crippen LogP contribution in [0.15, 0.2) is 22.7 Å². The summed E-state index contributed by atoms with van der Waals surface area (Å²) in [5, 5.41) is 10.9. The summed E-state index contributed by atoms with van der Waals surface area (Å²) in [5.74, 6) is -0.214. The Labute approximate surface area is 125 Å². The summed E-state index contributed by atoms with van der Waals surface area (Å²) in [6.07, 6.45) is 0. The van der Waals surface area contributed by atoms with Crippen LogP contribution in [-0.4, -0.2) is 41.0 Å². The minimum absolute atomic E-state index is 0.109. The fourth-order valence-electron chi connectivity index (χ4n) is 2.18. The lowest BCUT2D eigenvalue weighted by Gasteiger charge is -2.42. The van der Waals surface area contributed by atoms with E-state index in [1.54, 1.807) is 11.0 Å². The van der Waals surface area contributed by atoms with E-state index >= 15 is 0 Å². The Hall–Kier alpha value is -1.47. The largest absolute Gasteiger partial charge is 0.377 e. The second-order valence-corrected chi connectivity index (χ2v) is 6.10. The molecule has 1 heterocycles. The van der Waals surface area contributed by atoms with Gasteiger partial charge in [0, 0.05) is 18.2 Å². The lowest BCUT2D eigenvalue weighted by atomic mass is 10.0. The number of nitro groups is 1. The van der Waals surface area contributed by atoms with Crippen molar-refractivity contribution in [2.24, 2.45) is 0 Å². The molecule has 1 aromatic rings. The number of carbonyl (C=O) groups is 1. The van der Waals surface area contributed by atoms with Crippen molar-refractivity contribution in [3.63, 3.8) is 0 Å². The summed E-state index contributed by atoms with van der Waals surface area (Å²) < 4.78 is 5.73. The number of nitro benzene ring substituents is 1. The van der Waals surface area contributed by atoms with Gasteiger partial charge in [0.15, 0.2) is 0 Å². The van der Waals surface area contributed by atoms with E-state index in [4.69, 9.17) is 4.74 Å². The number of benzene rings is 1. The number of morpholine rings is 1. The molecule has 0 bridgehead atoms. The third-order valence-electron chi connectivity index (χ3n) is 3.28. The van der Waals surface area contributed by atoms with Crippen LogP contribution in [0.1, 0.15) is 24.2 Å². The van der Waals surface area contributed by atoms with Crippen LogP contribution in [0, 0.1) is 10.1 Å². The maximum Gasteiger partial charge on any atom is 0.284 e. The van der Waals surface area contributed by atoms with Crippen molar-refractivity contribution in [2.75, 3.05) is 19.8 Å². The van der Waals surface area contributed by atoms with Gasteiger partial charge < -0.3 is 9.64 Å². The van der Waals surface area contributed by atoms with Gasteiger partial charge in [-0.15, -0.1) is 0 Å². The summed E-state index contributed by atoms with van der Waals surface area (Å²) in [6, 6.07) is 4.42. The molecule has 1 aliphatic heterocycles. The van der Waals surface area contributed by atoms with Crippen LogP contribution in [0.2, 0.25) is 0 Å². The highest BCUT2D eigenvalue weighted by Crippen LogP contribution is 2.28. The zero-order valence-corrected chi connectivity index (χ0v) is 12.8. The van der Waals surface area contributed by atoms with Crippen molar-refractivity contribution in [3.05, 3.63) is 38.3 Å². The Kier molecular flexibility index (Phi) is 4.10. The van der Waals surface area contributed by atoms with E-state index in [-0.39, 0.29) is 11.6 Å². The quantitative estimate of drug-likeness (QED) is 0.611. The highest BCUT2D eigenvalue weighted by Gasteiger charge is 2.35. The molecule has 7 heteroatoms. The van der Waals surface area contributed by atoms with Crippen LogP contribution in [0.5, 0.6) is 0 Å². The molecule has 2 rings (SSSR count). The highest BCUT2D eigenvalue weighted by atomic mass is 79.9. The minimum Gasteiger partial charge on any atom is -0.377 e. The molecule has 0 N–H and O–H groups in total. The molecule has 1 aliphatic rings. The smallest absolute Gasteiger partial charge is 0.284 e. The molecule has 0 radical (unpaired) electrons. The first-order valence-corrected chi connectivity index (χ1v) is 6.96. The van der Waals surface area contributed by atoms with E-state index < -0.39 is 10.5 Å². The standard InChI is InChI=1S/C13H15BrN2O4/c1-13(2)8-20-6-5-15(13)12(17)9-3-4-10(14)11(7-9)16(18)19/h3-4,7H,5-6,8H2,1-2H3. The minimum atomic E-state index is -0.509. The first kappa shape index (κ1) is 14.9. The van der Waals surface area contributed by atoms with Crippen LogP contribution in [0.3, 0.4) is 0 Å². The molecule has 1 fully saturated rings. The lowest BCUT2D eigenvalue weighted by molar-refractivity contribution is -0.385. The Bertz CT molecular complexity index is 559. The van der Waals surface area contributed by atoms with E-state index in [2.05, 4.69) is 15.9 Å². The van der Waals surface area contributed by atoms with E-state index in [9.17, 15) is 14.9 Å². The number of rotatable bonds is 2. The molecule has 0 atom stereocenters. The van der Waals surface area contributed by atoms with E-state index in [0.717, 1.165) is 0 Å². The monoisotopic (exact) mass is 342 g/mol. The molecule has 108 valence electrons. The Morgan fingerprint density at radius 1 is 1.50 bits per heavy atom. The second kappa shape index (κ2) is 5.49. The van der Waals surface area contributed by atoms with Gasteiger partial charge >= 0.3 is 0 Å². The van der Waals surface area contributed by atoms with Gasteiger partial charge in [0.05, 0.1) is 28.1 Å². The number of hydrogen-bond acceptors (Lipinski definition) is 4. The van der Waals surface area contributed by atoms with Crippen molar-refractivity contribution < 1.29 is 14.5 Å². The molecule has 6 nitrogen and oxygen atoms in total. The Morgan fingerprint density at radius 3 is 2.80 bits per heavy atom. The van der Waals surface area contributed by atoms with Gasteiger partial charge in [-0.2, -0.15) is 0 Å². The average molecular weight is 343 g/mol. The summed E-state index contributed by atoms with van der Waals surface area (Å²) in [4.78, 5) is 24.7. The van der Waals surface area contributed by atoms with E-state index in [1.165, 1.54) is 12.1 Å². The first-order valence-electron chi connectivity index (χ1n) is 6.16. The third kappa shape index (κ3) is 2.83. The Balaban J connectivity index is 2.34. The number of amides is 1. The molecule has 20 heavy (non-hydrogen) atoms. The molecule has 1 saturated heterocycles. The topological polar surface area (TPSA) is 72.7 Å². The molecular weight excluding hydrogens is 328 g/mol. The SMILES string of the molecule is CC1(C)COCCN1C(=O)c1ccc(Br)c([N+](=O)[O-])c1. The van der Waals surface area contributed by atoms with Crippen molar-refractivity contribution in [1.82, 2.24) is 4.90 Å². The predicted octanol–water partition coefficient (Wildman–Crippen LogP) is 2.61. The van der Waals surface area contributed by atoms with Crippen molar-refractivity contribution in [2.45, 2.75) is 19.4 Å². The second-order valence-electron chi connectivity index (χ2n) is 5.25. The summed E-state index contributed by atoms with van der Waals surface area (Å²) in [5.41, 5.74) is -0.214. The molecule has 0 saturated carbocycles. The zero-order valence-electron chi connectivity index (χ0n) is 11.3. The Morgan fingerprint density at radius 2 is 2.20 bits per heavy atom. The average Bonchev–Trinajstić information content (AvgIpc) is 2.37. The maximum absolute atomic E-state index is 12.5.